The van der Waals surface area contributed by atoms with Gasteiger partial charge in [-0.2, -0.15) is 0 Å². The van der Waals surface area contributed by atoms with E-state index in [-0.39, 0.29) is 10.9 Å². The molecule has 0 amide bonds. The molecule has 2 aromatic heterocycles. The lowest BCUT2D eigenvalue weighted by Crippen LogP contribution is -2.32. The van der Waals surface area contributed by atoms with Crippen molar-refractivity contribution in [3.8, 4) is 11.1 Å². The molecule has 0 unspecified atom stereocenters. The molecule has 0 spiro atoms. The van der Waals surface area contributed by atoms with E-state index in [9.17, 15) is 8.42 Å². The Balaban J connectivity index is 1.58. The first-order chi connectivity index (χ1) is 15.9. The summed E-state index contributed by atoms with van der Waals surface area (Å²) in [5.74, 6) is 1.16. The third kappa shape index (κ3) is 4.38. The number of fused-ring (bicyclic) bond motifs is 1. The monoisotopic (exact) mass is 465 g/mol. The first kappa shape index (κ1) is 21.7. The summed E-state index contributed by atoms with van der Waals surface area (Å²) in [5.41, 5.74) is 4.37. The predicted octanol–water partition coefficient (Wildman–Crippen LogP) is 4.67. The number of hydrogen-bond donors (Lipinski definition) is 3. The minimum Gasteiger partial charge on any atom is -0.361 e. The summed E-state index contributed by atoms with van der Waals surface area (Å²) in [6, 6.07) is 13.5. The summed E-state index contributed by atoms with van der Waals surface area (Å²) in [5, 5.41) is 7.30. The van der Waals surface area contributed by atoms with E-state index in [1.807, 2.05) is 50.2 Å². The molecule has 33 heavy (non-hydrogen) atoms. The third-order valence-electron chi connectivity index (χ3n) is 6.14. The van der Waals surface area contributed by atoms with Crippen molar-refractivity contribution in [2.75, 3.05) is 5.32 Å². The van der Waals surface area contributed by atoms with Crippen molar-refractivity contribution in [1.29, 1.82) is 0 Å². The number of nitrogens with zero attached hydrogens (tertiary/aromatic N) is 2. The van der Waals surface area contributed by atoms with Crippen molar-refractivity contribution in [3.05, 3.63) is 59.5 Å². The van der Waals surface area contributed by atoms with Gasteiger partial charge >= 0.3 is 0 Å². The fourth-order valence-corrected chi connectivity index (χ4v) is 6.02. The summed E-state index contributed by atoms with van der Waals surface area (Å²) in [7, 11) is -3.77. The molecule has 0 atom stereocenters. The zero-order chi connectivity index (χ0) is 23.0. The Kier molecular flexibility index (Phi) is 5.67. The van der Waals surface area contributed by atoms with Crippen LogP contribution in [0.15, 0.2) is 51.9 Å². The van der Waals surface area contributed by atoms with E-state index >= 15 is 0 Å². The Bertz CT molecular complexity index is 1370. The van der Waals surface area contributed by atoms with Gasteiger partial charge in [-0.25, -0.2) is 18.1 Å². The highest BCUT2D eigenvalue weighted by Crippen LogP contribution is 2.34. The van der Waals surface area contributed by atoms with Crippen LogP contribution < -0.4 is 10.0 Å². The number of aryl methyl sites for hydroxylation is 2. The molecular weight excluding hydrogens is 438 g/mol. The van der Waals surface area contributed by atoms with E-state index < -0.39 is 10.0 Å². The van der Waals surface area contributed by atoms with Crippen LogP contribution in [-0.4, -0.2) is 29.6 Å². The Hall–Kier alpha value is -3.17. The molecule has 2 aromatic carbocycles. The van der Waals surface area contributed by atoms with Gasteiger partial charge in [0.1, 0.15) is 16.2 Å². The van der Waals surface area contributed by atoms with Gasteiger partial charge < -0.3 is 14.8 Å². The first-order valence-corrected chi connectivity index (χ1v) is 12.7. The van der Waals surface area contributed by atoms with Gasteiger partial charge in [0.2, 0.25) is 16.0 Å². The van der Waals surface area contributed by atoms with Crippen LogP contribution in [0.5, 0.6) is 0 Å². The van der Waals surface area contributed by atoms with Crippen LogP contribution in [0.1, 0.15) is 42.7 Å². The Labute approximate surface area is 192 Å². The second kappa shape index (κ2) is 8.64. The summed E-state index contributed by atoms with van der Waals surface area (Å²) in [6.45, 7) is 4.24. The average Bonchev–Trinajstić information content (AvgIpc) is 3.52. The summed E-state index contributed by atoms with van der Waals surface area (Å²) >= 11 is 0. The molecule has 0 saturated heterocycles. The maximum Gasteiger partial charge on any atom is 0.243 e. The van der Waals surface area contributed by atoms with Gasteiger partial charge in [0.25, 0.3) is 0 Å². The number of hydrogen-bond acceptors (Lipinski definition) is 6. The van der Waals surface area contributed by atoms with Crippen molar-refractivity contribution >= 4 is 27.0 Å². The summed E-state index contributed by atoms with van der Waals surface area (Å²) in [4.78, 5) is 8.02. The van der Waals surface area contributed by atoms with Crippen molar-refractivity contribution in [3.63, 3.8) is 0 Å². The van der Waals surface area contributed by atoms with Crippen LogP contribution >= 0.6 is 0 Å². The maximum absolute atomic E-state index is 13.5. The highest BCUT2D eigenvalue weighted by atomic mass is 32.2. The molecule has 5 rings (SSSR count). The standard InChI is InChI=1S/C24H27N5O3S/c1-15-22(16(2)32-28-15)18-12-20-23(21(13-18)33(30,31)29-19-10-6-7-11-19)27-24(26-20)25-14-17-8-4-3-5-9-17/h3-5,8-9,12-13,19,29H,6-7,10-11,14H2,1-2H3,(H2,25,26,27). The Morgan fingerprint density at radius 3 is 2.58 bits per heavy atom. The molecule has 0 aliphatic heterocycles. The lowest BCUT2D eigenvalue weighted by molar-refractivity contribution is 0.393. The normalized spacial score (nSPS) is 14.8. The van der Waals surface area contributed by atoms with Gasteiger partial charge in [0.15, 0.2) is 0 Å². The van der Waals surface area contributed by atoms with Crippen LogP contribution in [0.25, 0.3) is 22.2 Å². The van der Waals surface area contributed by atoms with Crippen molar-refractivity contribution in [2.24, 2.45) is 0 Å². The molecule has 1 fully saturated rings. The fraction of sp³-hybridized carbons (Fsp3) is 0.333. The molecule has 8 nitrogen and oxygen atoms in total. The van der Waals surface area contributed by atoms with Gasteiger partial charge in [0, 0.05) is 18.2 Å². The van der Waals surface area contributed by atoms with Crippen molar-refractivity contribution in [2.45, 2.75) is 57.0 Å². The molecule has 0 radical (unpaired) electrons. The molecular formula is C24H27N5O3S. The molecule has 0 bridgehead atoms. The van der Waals surface area contributed by atoms with Crippen molar-refractivity contribution in [1.82, 2.24) is 19.8 Å². The number of aromatic nitrogens is 3. The smallest absolute Gasteiger partial charge is 0.243 e. The molecule has 172 valence electrons. The molecule has 2 heterocycles. The van der Waals surface area contributed by atoms with E-state index in [2.05, 4.69) is 25.2 Å². The lowest BCUT2D eigenvalue weighted by atomic mass is 10.0. The van der Waals surface area contributed by atoms with Crippen molar-refractivity contribution < 1.29 is 12.9 Å². The zero-order valence-electron chi connectivity index (χ0n) is 18.7. The quantitative estimate of drug-likeness (QED) is 0.366. The number of sulfonamides is 1. The van der Waals surface area contributed by atoms with Gasteiger partial charge in [0.05, 0.1) is 11.2 Å². The number of H-pyrrole nitrogens is 1. The SMILES string of the molecule is Cc1noc(C)c1-c1cc(S(=O)(=O)NC2CCCC2)c2nc(NCc3ccccc3)[nH]c2c1. The van der Waals surface area contributed by atoms with E-state index in [0.29, 0.717) is 35.0 Å². The van der Waals surface area contributed by atoms with Gasteiger partial charge in [-0.3, -0.25) is 0 Å². The molecule has 1 aliphatic rings. The molecule has 3 N–H and O–H groups in total. The number of aromatic amines is 1. The van der Waals surface area contributed by atoms with E-state index in [4.69, 9.17) is 4.52 Å². The largest absolute Gasteiger partial charge is 0.361 e. The second-order valence-corrected chi connectivity index (χ2v) is 10.3. The van der Waals surface area contributed by atoms with Gasteiger partial charge in [-0.05, 0) is 49.9 Å². The number of rotatable bonds is 7. The minimum atomic E-state index is -3.77. The highest BCUT2D eigenvalue weighted by molar-refractivity contribution is 7.89. The summed E-state index contributed by atoms with van der Waals surface area (Å²) in [6.07, 6.45) is 3.79. The third-order valence-corrected chi connectivity index (χ3v) is 7.68. The van der Waals surface area contributed by atoms with E-state index in [1.54, 1.807) is 6.07 Å². The average molecular weight is 466 g/mol. The highest BCUT2D eigenvalue weighted by Gasteiger charge is 2.27. The van der Waals surface area contributed by atoms with Crippen LogP contribution in [0.2, 0.25) is 0 Å². The van der Waals surface area contributed by atoms with Gasteiger partial charge in [-0.15, -0.1) is 0 Å². The Morgan fingerprint density at radius 2 is 1.88 bits per heavy atom. The maximum atomic E-state index is 13.5. The van der Waals surface area contributed by atoms with E-state index in [1.165, 1.54) is 0 Å². The van der Waals surface area contributed by atoms with Crippen LogP contribution in [-0.2, 0) is 16.6 Å². The molecule has 1 aliphatic carbocycles. The number of nitrogens with one attached hydrogen (secondary N) is 3. The predicted molar refractivity (Wildman–Crippen MR) is 127 cm³/mol. The molecule has 4 aromatic rings. The summed E-state index contributed by atoms with van der Waals surface area (Å²) < 4.78 is 35.1. The topological polar surface area (TPSA) is 113 Å². The molecule has 9 heteroatoms. The number of imidazole rings is 1. The fourth-order valence-electron chi connectivity index (χ4n) is 4.52. The van der Waals surface area contributed by atoms with Gasteiger partial charge in [-0.1, -0.05) is 48.3 Å². The lowest BCUT2D eigenvalue weighted by Gasteiger charge is -2.14. The van der Waals surface area contributed by atoms with Crippen LogP contribution in [0.4, 0.5) is 5.95 Å². The van der Waals surface area contributed by atoms with Crippen LogP contribution in [0.3, 0.4) is 0 Å². The van der Waals surface area contributed by atoms with Crippen LogP contribution in [0, 0.1) is 13.8 Å². The zero-order valence-corrected chi connectivity index (χ0v) is 19.5. The van der Waals surface area contributed by atoms with E-state index in [0.717, 1.165) is 42.4 Å². The first-order valence-electron chi connectivity index (χ1n) is 11.2. The minimum absolute atomic E-state index is 0.0395. The second-order valence-electron chi connectivity index (χ2n) is 8.60. The Morgan fingerprint density at radius 1 is 1.12 bits per heavy atom. The number of anilines is 1. The number of benzene rings is 2. The molecule has 1 saturated carbocycles.